The maximum atomic E-state index is 12.3. The van der Waals surface area contributed by atoms with Crippen LogP contribution in [0.4, 0.5) is 26.3 Å². The Morgan fingerprint density at radius 1 is 1.00 bits per heavy atom. The first-order valence-electron chi connectivity index (χ1n) is 4.67. The molecular weight excluding hydrogens is 238 g/mol. The van der Waals surface area contributed by atoms with Crippen molar-refractivity contribution in [2.45, 2.75) is 51.1 Å². The fourth-order valence-corrected chi connectivity index (χ4v) is 1.32. The summed E-state index contributed by atoms with van der Waals surface area (Å²) in [6.45, 7) is 2.28. The molecule has 0 saturated carbocycles. The van der Waals surface area contributed by atoms with Crippen molar-refractivity contribution in [1.82, 2.24) is 0 Å². The topological polar surface area (TPSA) is 20.2 Å². The Bertz CT molecular complexity index is 212. The van der Waals surface area contributed by atoms with Crippen LogP contribution in [0.1, 0.15) is 33.1 Å². The van der Waals surface area contributed by atoms with Gasteiger partial charge in [-0.25, -0.2) is 0 Å². The Morgan fingerprint density at radius 3 is 1.69 bits per heavy atom. The standard InChI is InChI=1S/C9H14F6O/c1-7(2,16)5-6(9(13,14)15)3-4-8(10,11)12/h6,16H,3-5H2,1-2H3. The summed E-state index contributed by atoms with van der Waals surface area (Å²) in [6.07, 6.45) is -12.6. The van der Waals surface area contributed by atoms with Crippen LogP contribution in [-0.4, -0.2) is 23.1 Å². The Labute approximate surface area is 89.4 Å². The van der Waals surface area contributed by atoms with Gasteiger partial charge in [-0.2, -0.15) is 26.3 Å². The monoisotopic (exact) mass is 252 g/mol. The number of aliphatic hydroxyl groups is 1. The predicted molar refractivity (Wildman–Crippen MR) is 45.7 cm³/mol. The summed E-state index contributed by atoms with van der Waals surface area (Å²) in [4.78, 5) is 0. The van der Waals surface area contributed by atoms with Gasteiger partial charge in [-0.1, -0.05) is 0 Å². The molecule has 0 rings (SSSR count). The average Bonchev–Trinajstić information content (AvgIpc) is 1.91. The highest BCUT2D eigenvalue weighted by Crippen LogP contribution is 2.38. The molecule has 0 aromatic heterocycles. The molecule has 1 unspecified atom stereocenters. The summed E-state index contributed by atoms with van der Waals surface area (Å²) in [7, 11) is 0. The number of hydrogen-bond donors (Lipinski definition) is 1. The zero-order valence-corrected chi connectivity index (χ0v) is 8.91. The van der Waals surface area contributed by atoms with Crippen molar-refractivity contribution in [3.8, 4) is 0 Å². The van der Waals surface area contributed by atoms with Gasteiger partial charge in [0.1, 0.15) is 0 Å². The first kappa shape index (κ1) is 15.5. The zero-order valence-electron chi connectivity index (χ0n) is 8.91. The minimum Gasteiger partial charge on any atom is -0.390 e. The Hall–Kier alpha value is -0.460. The van der Waals surface area contributed by atoms with E-state index in [0.29, 0.717) is 0 Å². The van der Waals surface area contributed by atoms with Gasteiger partial charge in [0.15, 0.2) is 0 Å². The lowest BCUT2D eigenvalue weighted by atomic mass is 9.89. The molecule has 0 radical (unpaired) electrons. The van der Waals surface area contributed by atoms with Crippen LogP contribution in [0.3, 0.4) is 0 Å². The quantitative estimate of drug-likeness (QED) is 0.757. The predicted octanol–water partition coefficient (Wildman–Crippen LogP) is 3.67. The smallest absolute Gasteiger partial charge is 0.390 e. The molecule has 0 spiro atoms. The van der Waals surface area contributed by atoms with E-state index in [4.69, 9.17) is 0 Å². The van der Waals surface area contributed by atoms with Gasteiger partial charge in [-0.3, -0.25) is 0 Å². The van der Waals surface area contributed by atoms with E-state index in [2.05, 4.69) is 0 Å². The molecule has 98 valence electrons. The molecule has 0 aromatic rings. The Morgan fingerprint density at radius 2 is 1.44 bits per heavy atom. The van der Waals surface area contributed by atoms with E-state index in [1.165, 1.54) is 0 Å². The summed E-state index contributed by atoms with van der Waals surface area (Å²) in [5.41, 5.74) is -1.63. The van der Waals surface area contributed by atoms with Crippen LogP contribution < -0.4 is 0 Å². The lowest BCUT2D eigenvalue weighted by Gasteiger charge is -2.27. The maximum absolute atomic E-state index is 12.3. The fourth-order valence-electron chi connectivity index (χ4n) is 1.32. The average molecular weight is 252 g/mol. The van der Waals surface area contributed by atoms with Gasteiger partial charge in [0.2, 0.25) is 0 Å². The normalized spacial score (nSPS) is 16.3. The molecule has 0 heterocycles. The lowest BCUT2D eigenvalue weighted by molar-refractivity contribution is -0.200. The van der Waals surface area contributed by atoms with Crippen molar-refractivity contribution in [1.29, 1.82) is 0 Å². The van der Waals surface area contributed by atoms with Crippen LogP contribution >= 0.6 is 0 Å². The van der Waals surface area contributed by atoms with Crippen molar-refractivity contribution in [3.05, 3.63) is 0 Å². The summed E-state index contributed by atoms with van der Waals surface area (Å²) in [5.74, 6) is -2.13. The van der Waals surface area contributed by atoms with Crippen molar-refractivity contribution in [3.63, 3.8) is 0 Å². The van der Waals surface area contributed by atoms with Crippen LogP contribution in [0.5, 0.6) is 0 Å². The second-order valence-electron chi connectivity index (χ2n) is 4.41. The molecule has 0 aromatic carbocycles. The first-order valence-corrected chi connectivity index (χ1v) is 4.67. The van der Waals surface area contributed by atoms with Crippen molar-refractivity contribution < 1.29 is 31.4 Å². The third-order valence-electron chi connectivity index (χ3n) is 1.99. The zero-order chi connectivity index (χ0) is 13.2. The van der Waals surface area contributed by atoms with Crippen molar-refractivity contribution >= 4 is 0 Å². The number of hydrogen-bond acceptors (Lipinski definition) is 1. The summed E-state index contributed by atoms with van der Waals surface area (Å²) in [5, 5.41) is 9.20. The van der Waals surface area contributed by atoms with Gasteiger partial charge >= 0.3 is 12.4 Å². The van der Waals surface area contributed by atoms with E-state index >= 15 is 0 Å². The second kappa shape index (κ2) is 4.81. The summed E-state index contributed by atoms with van der Waals surface area (Å²) in [6, 6.07) is 0. The molecule has 1 atom stereocenters. The maximum Gasteiger partial charge on any atom is 0.391 e. The molecule has 1 nitrogen and oxygen atoms in total. The third-order valence-corrected chi connectivity index (χ3v) is 1.99. The second-order valence-corrected chi connectivity index (χ2v) is 4.41. The molecule has 0 aliphatic carbocycles. The van der Waals surface area contributed by atoms with Gasteiger partial charge in [0, 0.05) is 6.42 Å². The molecule has 0 saturated heterocycles. The molecule has 0 aliphatic rings. The number of halogens is 6. The molecular formula is C9H14F6O. The molecule has 0 bridgehead atoms. The minimum absolute atomic E-state index is 0.730. The lowest BCUT2D eigenvalue weighted by Crippen LogP contribution is -2.32. The van der Waals surface area contributed by atoms with E-state index in [1.807, 2.05) is 0 Å². The fraction of sp³-hybridized carbons (Fsp3) is 1.00. The highest BCUT2D eigenvalue weighted by molar-refractivity contribution is 4.77. The largest absolute Gasteiger partial charge is 0.391 e. The van der Waals surface area contributed by atoms with Crippen LogP contribution in [-0.2, 0) is 0 Å². The van der Waals surface area contributed by atoms with Gasteiger partial charge in [-0.15, -0.1) is 0 Å². The number of alkyl halides is 6. The molecule has 0 amide bonds. The molecule has 7 heteroatoms. The van der Waals surface area contributed by atoms with Gasteiger partial charge in [0.05, 0.1) is 11.5 Å². The Balaban J connectivity index is 4.47. The van der Waals surface area contributed by atoms with E-state index in [0.717, 1.165) is 13.8 Å². The third kappa shape index (κ3) is 7.78. The highest BCUT2D eigenvalue weighted by atomic mass is 19.4. The van der Waals surface area contributed by atoms with Crippen LogP contribution in [0.25, 0.3) is 0 Å². The van der Waals surface area contributed by atoms with Crippen molar-refractivity contribution in [2.75, 3.05) is 0 Å². The first-order chi connectivity index (χ1) is 6.81. The highest BCUT2D eigenvalue weighted by Gasteiger charge is 2.43. The van der Waals surface area contributed by atoms with E-state index < -0.39 is 43.1 Å². The summed E-state index contributed by atoms with van der Waals surface area (Å²) >= 11 is 0. The van der Waals surface area contributed by atoms with Crippen LogP contribution in [0.2, 0.25) is 0 Å². The molecule has 0 fully saturated rings. The van der Waals surface area contributed by atoms with Crippen LogP contribution in [0.15, 0.2) is 0 Å². The van der Waals surface area contributed by atoms with Gasteiger partial charge in [-0.05, 0) is 26.7 Å². The van der Waals surface area contributed by atoms with E-state index in [-0.39, 0.29) is 0 Å². The van der Waals surface area contributed by atoms with Crippen molar-refractivity contribution in [2.24, 2.45) is 5.92 Å². The minimum atomic E-state index is -4.72. The summed E-state index contributed by atoms with van der Waals surface area (Å²) < 4.78 is 72.5. The molecule has 16 heavy (non-hydrogen) atoms. The van der Waals surface area contributed by atoms with Gasteiger partial charge in [0.25, 0.3) is 0 Å². The Kier molecular flexibility index (Phi) is 4.67. The number of rotatable bonds is 4. The van der Waals surface area contributed by atoms with E-state index in [9.17, 15) is 31.4 Å². The molecule has 0 aliphatic heterocycles. The molecule has 1 N–H and O–H groups in total. The SMILES string of the molecule is CC(C)(O)CC(CCC(F)(F)F)C(F)(F)F. The van der Waals surface area contributed by atoms with E-state index in [1.54, 1.807) is 0 Å². The van der Waals surface area contributed by atoms with Crippen LogP contribution in [0, 0.1) is 5.92 Å². The van der Waals surface area contributed by atoms with Gasteiger partial charge < -0.3 is 5.11 Å².